The van der Waals surface area contributed by atoms with E-state index < -0.39 is 5.60 Å². The van der Waals surface area contributed by atoms with Gasteiger partial charge in [0.2, 0.25) is 0 Å². The summed E-state index contributed by atoms with van der Waals surface area (Å²) < 4.78 is 5.39. The van der Waals surface area contributed by atoms with E-state index in [-0.39, 0.29) is 6.09 Å². The molecule has 0 radical (unpaired) electrons. The maximum absolute atomic E-state index is 12.1. The molecule has 1 aliphatic rings. The van der Waals surface area contributed by atoms with Gasteiger partial charge in [0.1, 0.15) is 17.1 Å². The Morgan fingerprint density at radius 3 is 2.84 bits per heavy atom. The van der Waals surface area contributed by atoms with Crippen LogP contribution in [0.25, 0.3) is 0 Å². The number of aromatic nitrogens is 2. The topological polar surface area (TPSA) is 55.3 Å². The second-order valence-electron chi connectivity index (χ2n) is 5.60. The van der Waals surface area contributed by atoms with Crippen LogP contribution in [0.2, 0.25) is 5.15 Å². The fourth-order valence-electron chi connectivity index (χ4n) is 2.00. The Morgan fingerprint density at radius 2 is 2.16 bits per heavy atom. The Balaban J connectivity index is 2.16. The number of carbonyl (C=O) groups is 1. The number of halogens is 1. The first-order valence-corrected chi connectivity index (χ1v) is 6.71. The van der Waals surface area contributed by atoms with Gasteiger partial charge in [-0.15, -0.1) is 0 Å². The SMILES string of the molecule is CC(C)(C)OC(=O)N1CCCc2c(Cl)ncnc2C1. The van der Waals surface area contributed by atoms with Gasteiger partial charge in [0.05, 0.1) is 12.2 Å². The molecule has 0 atom stereocenters. The molecule has 0 spiro atoms. The first-order chi connectivity index (χ1) is 8.87. The van der Waals surface area contributed by atoms with E-state index in [0.29, 0.717) is 18.2 Å². The van der Waals surface area contributed by atoms with Crippen LogP contribution in [0, 0.1) is 0 Å². The van der Waals surface area contributed by atoms with E-state index in [9.17, 15) is 4.79 Å². The number of rotatable bonds is 0. The lowest BCUT2D eigenvalue weighted by Crippen LogP contribution is -2.36. The van der Waals surface area contributed by atoms with Crippen molar-refractivity contribution in [3.05, 3.63) is 22.7 Å². The second-order valence-corrected chi connectivity index (χ2v) is 5.95. The minimum atomic E-state index is -0.491. The van der Waals surface area contributed by atoms with Gasteiger partial charge in [-0.05, 0) is 33.6 Å². The standard InChI is InChI=1S/C13H18ClN3O2/c1-13(2,3)19-12(18)17-6-4-5-9-10(7-17)15-8-16-11(9)14/h8H,4-7H2,1-3H3. The van der Waals surface area contributed by atoms with E-state index in [1.165, 1.54) is 6.33 Å². The van der Waals surface area contributed by atoms with Crippen LogP contribution in [0.5, 0.6) is 0 Å². The highest BCUT2D eigenvalue weighted by atomic mass is 35.5. The van der Waals surface area contributed by atoms with E-state index in [2.05, 4.69) is 9.97 Å². The zero-order valence-corrected chi connectivity index (χ0v) is 12.2. The van der Waals surface area contributed by atoms with Gasteiger partial charge in [-0.1, -0.05) is 11.6 Å². The van der Waals surface area contributed by atoms with Crippen LogP contribution in [0.1, 0.15) is 38.4 Å². The second kappa shape index (κ2) is 5.33. The molecule has 1 amide bonds. The molecule has 1 aromatic heterocycles. The van der Waals surface area contributed by atoms with Crippen LogP contribution in [-0.2, 0) is 17.7 Å². The number of nitrogens with zero attached hydrogens (tertiary/aromatic N) is 3. The van der Waals surface area contributed by atoms with Crippen molar-refractivity contribution in [3.8, 4) is 0 Å². The Morgan fingerprint density at radius 1 is 1.42 bits per heavy atom. The van der Waals surface area contributed by atoms with Gasteiger partial charge in [0.25, 0.3) is 0 Å². The van der Waals surface area contributed by atoms with E-state index in [1.807, 2.05) is 20.8 Å². The Labute approximate surface area is 117 Å². The molecule has 1 aliphatic heterocycles. The Hall–Kier alpha value is -1.36. The van der Waals surface area contributed by atoms with Crippen molar-refractivity contribution in [3.63, 3.8) is 0 Å². The smallest absolute Gasteiger partial charge is 0.410 e. The minimum Gasteiger partial charge on any atom is -0.444 e. The predicted octanol–water partition coefficient (Wildman–Crippen LogP) is 2.81. The summed E-state index contributed by atoms with van der Waals surface area (Å²) >= 11 is 6.06. The summed E-state index contributed by atoms with van der Waals surface area (Å²) in [5.74, 6) is 0. The van der Waals surface area contributed by atoms with Crippen molar-refractivity contribution in [2.75, 3.05) is 6.54 Å². The van der Waals surface area contributed by atoms with E-state index in [0.717, 1.165) is 24.1 Å². The van der Waals surface area contributed by atoms with Gasteiger partial charge in [0, 0.05) is 12.1 Å². The molecule has 19 heavy (non-hydrogen) atoms. The van der Waals surface area contributed by atoms with Gasteiger partial charge in [-0.2, -0.15) is 0 Å². The predicted molar refractivity (Wildman–Crippen MR) is 72.0 cm³/mol. The molecule has 2 rings (SSSR count). The summed E-state index contributed by atoms with van der Waals surface area (Å²) in [6, 6.07) is 0. The molecule has 0 saturated heterocycles. The quantitative estimate of drug-likeness (QED) is 0.687. The fraction of sp³-hybridized carbons (Fsp3) is 0.615. The molecule has 6 heteroatoms. The van der Waals surface area contributed by atoms with Gasteiger partial charge in [-0.3, -0.25) is 0 Å². The van der Waals surface area contributed by atoms with Crippen molar-refractivity contribution >= 4 is 17.7 Å². The third kappa shape index (κ3) is 3.56. The largest absolute Gasteiger partial charge is 0.444 e. The molecule has 0 N–H and O–H groups in total. The molecule has 0 aliphatic carbocycles. The normalized spacial score (nSPS) is 15.7. The zero-order valence-electron chi connectivity index (χ0n) is 11.4. The van der Waals surface area contributed by atoms with Crippen molar-refractivity contribution in [2.24, 2.45) is 0 Å². The van der Waals surface area contributed by atoms with Crippen LogP contribution in [0.3, 0.4) is 0 Å². The summed E-state index contributed by atoms with van der Waals surface area (Å²) in [5.41, 5.74) is 1.26. The highest BCUT2D eigenvalue weighted by molar-refractivity contribution is 6.30. The molecule has 0 bridgehead atoms. The van der Waals surface area contributed by atoms with Crippen molar-refractivity contribution in [2.45, 2.75) is 45.8 Å². The monoisotopic (exact) mass is 283 g/mol. The lowest BCUT2D eigenvalue weighted by Gasteiger charge is -2.26. The van der Waals surface area contributed by atoms with E-state index in [4.69, 9.17) is 16.3 Å². The van der Waals surface area contributed by atoms with Crippen molar-refractivity contribution in [1.82, 2.24) is 14.9 Å². The molecular weight excluding hydrogens is 266 g/mol. The number of fused-ring (bicyclic) bond motifs is 1. The average Bonchev–Trinajstić information content (AvgIpc) is 2.50. The van der Waals surface area contributed by atoms with E-state index in [1.54, 1.807) is 4.90 Å². The summed E-state index contributed by atoms with van der Waals surface area (Å²) in [6.07, 6.45) is 2.74. The molecule has 0 aromatic carbocycles. The summed E-state index contributed by atoms with van der Waals surface area (Å²) in [4.78, 5) is 22.0. The molecule has 0 fully saturated rings. The summed E-state index contributed by atoms with van der Waals surface area (Å²) in [6.45, 7) is 6.63. The number of hydrogen-bond acceptors (Lipinski definition) is 4. The summed E-state index contributed by atoms with van der Waals surface area (Å²) in [7, 11) is 0. The van der Waals surface area contributed by atoms with Crippen LogP contribution in [0.15, 0.2) is 6.33 Å². The van der Waals surface area contributed by atoms with Gasteiger partial charge in [-0.25, -0.2) is 14.8 Å². The number of carbonyl (C=O) groups excluding carboxylic acids is 1. The highest BCUT2D eigenvalue weighted by Gasteiger charge is 2.25. The highest BCUT2D eigenvalue weighted by Crippen LogP contribution is 2.23. The van der Waals surface area contributed by atoms with Crippen LogP contribution in [-0.4, -0.2) is 33.1 Å². The molecule has 104 valence electrons. The number of hydrogen-bond donors (Lipinski definition) is 0. The zero-order chi connectivity index (χ0) is 14.0. The molecule has 1 aromatic rings. The molecule has 5 nitrogen and oxygen atoms in total. The average molecular weight is 284 g/mol. The number of amides is 1. The fourth-order valence-corrected chi connectivity index (χ4v) is 2.24. The third-order valence-corrected chi connectivity index (χ3v) is 3.15. The summed E-state index contributed by atoms with van der Waals surface area (Å²) in [5, 5.41) is 0.482. The minimum absolute atomic E-state index is 0.310. The molecule has 0 unspecified atom stereocenters. The third-order valence-electron chi connectivity index (χ3n) is 2.83. The van der Waals surface area contributed by atoms with E-state index >= 15 is 0 Å². The van der Waals surface area contributed by atoms with Gasteiger partial charge in [0.15, 0.2) is 0 Å². The Kier molecular flexibility index (Phi) is 3.94. The lowest BCUT2D eigenvalue weighted by molar-refractivity contribution is 0.0234. The number of ether oxygens (including phenoxy) is 1. The van der Waals surface area contributed by atoms with Crippen LogP contribution >= 0.6 is 11.6 Å². The first kappa shape index (κ1) is 14.1. The van der Waals surface area contributed by atoms with Gasteiger partial charge >= 0.3 is 6.09 Å². The lowest BCUT2D eigenvalue weighted by atomic mass is 10.1. The van der Waals surface area contributed by atoms with Crippen LogP contribution < -0.4 is 0 Å². The van der Waals surface area contributed by atoms with Crippen molar-refractivity contribution in [1.29, 1.82) is 0 Å². The van der Waals surface area contributed by atoms with Crippen molar-refractivity contribution < 1.29 is 9.53 Å². The van der Waals surface area contributed by atoms with Gasteiger partial charge < -0.3 is 9.64 Å². The van der Waals surface area contributed by atoms with Crippen LogP contribution in [0.4, 0.5) is 4.79 Å². The molecular formula is C13H18ClN3O2. The molecule has 2 heterocycles. The maximum Gasteiger partial charge on any atom is 0.410 e. The molecule has 0 saturated carbocycles. The Bertz CT molecular complexity index is 485. The maximum atomic E-state index is 12.1. The first-order valence-electron chi connectivity index (χ1n) is 6.33.